The average Bonchev–Trinajstić information content (AvgIpc) is 2.99. The number of piperidine rings is 1. The van der Waals surface area contributed by atoms with Crippen molar-refractivity contribution in [2.24, 2.45) is 0 Å². The molecule has 0 saturated carbocycles. The maximum atomic E-state index is 13.3. The van der Waals surface area contributed by atoms with Gasteiger partial charge in [-0.2, -0.15) is 0 Å². The number of ether oxygens (including phenoxy) is 1. The van der Waals surface area contributed by atoms with Crippen LogP contribution in [0.15, 0.2) is 53.4 Å². The van der Waals surface area contributed by atoms with Crippen molar-refractivity contribution in [1.82, 2.24) is 9.62 Å². The molecule has 1 N–H and O–H groups in total. The van der Waals surface area contributed by atoms with Gasteiger partial charge < -0.3 is 9.64 Å². The lowest BCUT2D eigenvalue weighted by Crippen LogP contribution is -2.48. The summed E-state index contributed by atoms with van der Waals surface area (Å²) < 4.78 is 45.6. The van der Waals surface area contributed by atoms with Crippen molar-refractivity contribution in [3.05, 3.63) is 65.5 Å². The van der Waals surface area contributed by atoms with Gasteiger partial charge in [-0.05, 0) is 24.3 Å². The van der Waals surface area contributed by atoms with Gasteiger partial charge in [-0.1, -0.05) is 24.3 Å². The number of amides is 1. The van der Waals surface area contributed by atoms with Crippen LogP contribution in [0, 0.1) is 5.82 Å². The highest BCUT2D eigenvalue weighted by atomic mass is 32.2. The summed E-state index contributed by atoms with van der Waals surface area (Å²) in [6.07, 6.45) is 0.885. The topological polar surface area (TPSA) is 92.8 Å². The second kappa shape index (κ2) is 7.23. The number of fused-ring (bicyclic) bond motifs is 2. The number of nitrogens with zero attached hydrogens (tertiary/aromatic N) is 1. The quantitative estimate of drug-likeness (QED) is 0.765. The number of likely N-dealkylation sites (tertiary alicyclic amines) is 1. The van der Waals surface area contributed by atoms with E-state index in [1.807, 2.05) is 12.1 Å². The van der Waals surface area contributed by atoms with Gasteiger partial charge in [0.25, 0.3) is 0 Å². The summed E-state index contributed by atoms with van der Waals surface area (Å²) in [5, 5.41) is 0. The van der Waals surface area contributed by atoms with Crippen LogP contribution in [-0.4, -0.2) is 44.8 Å². The maximum Gasteiger partial charge on any atom is 0.339 e. The number of hydrogen-bond donors (Lipinski definition) is 1. The van der Waals surface area contributed by atoms with E-state index in [0.29, 0.717) is 31.5 Å². The van der Waals surface area contributed by atoms with Gasteiger partial charge in [-0.3, -0.25) is 4.79 Å². The van der Waals surface area contributed by atoms with Crippen molar-refractivity contribution >= 4 is 21.9 Å². The molecule has 0 radical (unpaired) electrons. The lowest BCUT2D eigenvalue weighted by Gasteiger charge is -2.38. The van der Waals surface area contributed by atoms with Gasteiger partial charge in [0.15, 0.2) is 0 Å². The first kappa shape index (κ1) is 19.5. The molecule has 2 heterocycles. The fourth-order valence-corrected chi connectivity index (χ4v) is 4.83. The summed E-state index contributed by atoms with van der Waals surface area (Å²) in [5.41, 5.74) is 0.657. The zero-order valence-electron chi connectivity index (χ0n) is 15.4. The number of benzene rings is 2. The first-order valence-corrected chi connectivity index (χ1v) is 10.6. The highest BCUT2D eigenvalue weighted by molar-refractivity contribution is 7.89. The SMILES string of the molecule is O=C1OC2(CCN(C(=O)CNS(=O)(=O)c3cccc(F)c3)CC2)c2ccccc21. The molecule has 152 valence electrons. The van der Waals surface area contributed by atoms with E-state index in [-0.39, 0.29) is 10.9 Å². The first-order valence-electron chi connectivity index (χ1n) is 9.17. The van der Waals surface area contributed by atoms with E-state index in [1.54, 1.807) is 12.1 Å². The Balaban J connectivity index is 1.38. The minimum Gasteiger partial charge on any atom is -0.450 e. The van der Waals surface area contributed by atoms with Crippen LogP contribution in [0.4, 0.5) is 4.39 Å². The Morgan fingerprint density at radius 1 is 1.14 bits per heavy atom. The van der Waals surface area contributed by atoms with Crippen molar-refractivity contribution in [3.8, 4) is 0 Å². The number of sulfonamides is 1. The van der Waals surface area contributed by atoms with Crippen LogP contribution in [0.5, 0.6) is 0 Å². The van der Waals surface area contributed by atoms with E-state index in [2.05, 4.69) is 4.72 Å². The summed E-state index contributed by atoms with van der Waals surface area (Å²) in [6.45, 7) is 0.243. The molecule has 0 aromatic heterocycles. The van der Waals surface area contributed by atoms with Crippen molar-refractivity contribution in [3.63, 3.8) is 0 Å². The highest BCUT2D eigenvalue weighted by Gasteiger charge is 2.47. The molecule has 7 nitrogen and oxygen atoms in total. The standard InChI is InChI=1S/C20H19FN2O5S/c21-14-4-3-5-15(12-14)29(26,27)22-13-18(24)23-10-8-20(9-11-23)17-7-2-1-6-16(17)19(25)28-20/h1-7,12,22H,8-11,13H2. The van der Waals surface area contributed by atoms with Crippen molar-refractivity contribution < 1.29 is 27.1 Å². The van der Waals surface area contributed by atoms with Crippen LogP contribution >= 0.6 is 0 Å². The molecular formula is C20H19FN2O5S. The molecule has 9 heteroatoms. The summed E-state index contributed by atoms with van der Waals surface area (Å²) in [4.78, 5) is 25.9. The molecule has 0 unspecified atom stereocenters. The average molecular weight is 418 g/mol. The molecule has 2 aromatic carbocycles. The van der Waals surface area contributed by atoms with E-state index < -0.39 is 33.9 Å². The normalized spacial score (nSPS) is 17.8. The van der Waals surface area contributed by atoms with Gasteiger partial charge >= 0.3 is 5.97 Å². The largest absolute Gasteiger partial charge is 0.450 e. The van der Waals surface area contributed by atoms with Gasteiger partial charge in [0.1, 0.15) is 11.4 Å². The van der Waals surface area contributed by atoms with Gasteiger partial charge in [-0.25, -0.2) is 22.3 Å². The van der Waals surface area contributed by atoms with Gasteiger partial charge in [0.2, 0.25) is 15.9 Å². The van der Waals surface area contributed by atoms with Gasteiger partial charge in [0.05, 0.1) is 17.0 Å². The van der Waals surface area contributed by atoms with Gasteiger partial charge in [-0.15, -0.1) is 0 Å². The number of esters is 1. The number of carbonyl (C=O) groups excluding carboxylic acids is 2. The number of carbonyl (C=O) groups is 2. The lowest BCUT2D eigenvalue weighted by atomic mass is 9.84. The minimum absolute atomic E-state index is 0.239. The predicted molar refractivity (Wildman–Crippen MR) is 101 cm³/mol. The Morgan fingerprint density at radius 2 is 1.86 bits per heavy atom. The van der Waals surface area contributed by atoms with Crippen molar-refractivity contribution in [2.75, 3.05) is 19.6 Å². The van der Waals surface area contributed by atoms with Crippen LogP contribution in [0.2, 0.25) is 0 Å². The fourth-order valence-electron chi connectivity index (χ4n) is 3.82. The molecule has 0 aliphatic carbocycles. The van der Waals surface area contributed by atoms with E-state index >= 15 is 0 Å². The molecule has 2 aliphatic heterocycles. The van der Waals surface area contributed by atoms with E-state index in [4.69, 9.17) is 4.74 Å². The monoisotopic (exact) mass is 418 g/mol. The molecular weight excluding hydrogens is 399 g/mol. The lowest BCUT2D eigenvalue weighted by molar-refractivity contribution is -0.134. The molecule has 2 aromatic rings. The second-order valence-corrected chi connectivity index (χ2v) is 8.86. The highest BCUT2D eigenvalue weighted by Crippen LogP contribution is 2.43. The Kier molecular flexibility index (Phi) is 4.87. The number of nitrogens with one attached hydrogen (secondary N) is 1. The van der Waals surface area contributed by atoms with Crippen LogP contribution in [0.1, 0.15) is 28.8 Å². The number of halogens is 1. The summed E-state index contributed by atoms with van der Waals surface area (Å²) in [5.74, 6) is -1.42. The van der Waals surface area contributed by atoms with Crippen molar-refractivity contribution in [1.29, 1.82) is 0 Å². The molecule has 1 amide bonds. The van der Waals surface area contributed by atoms with E-state index in [9.17, 15) is 22.4 Å². The molecule has 1 saturated heterocycles. The van der Waals surface area contributed by atoms with Crippen LogP contribution in [-0.2, 0) is 25.2 Å². The van der Waals surface area contributed by atoms with Crippen LogP contribution in [0.3, 0.4) is 0 Å². The molecule has 29 heavy (non-hydrogen) atoms. The van der Waals surface area contributed by atoms with Crippen LogP contribution in [0.25, 0.3) is 0 Å². The summed E-state index contributed by atoms with van der Waals surface area (Å²) in [7, 11) is -3.99. The Bertz CT molecular complexity index is 1080. The minimum atomic E-state index is -3.99. The number of rotatable bonds is 4. The Hall–Kier alpha value is -2.78. The molecule has 4 rings (SSSR count). The third kappa shape index (κ3) is 3.63. The first-order chi connectivity index (χ1) is 13.8. The molecule has 1 fully saturated rings. The van der Waals surface area contributed by atoms with Gasteiger partial charge in [0, 0.05) is 31.5 Å². The number of hydrogen-bond acceptors (Lipinski definition) is 5. The summed E-state index contributed by atoms with van der Waals surface area (Å²) in [6, 6.07) is 11.8. The third-order valence-corrected chi connectivity index (χ3v) is 6.77. The Morgan fingerprint density at radius 3 is 2.59 bits per heavy atom. The Labute approximate surface area is 167 Å². The zero-order valence-corrected chi connectivity index (χ0v) is 16.2. The third-order valence-electron chi connectivity index (χ3n) is 5.37. The summed E-state index contributed by atoms with van der Waals surface area (Å²) >= 11 is 0. The van der Waals surface area contributed by atoms with E-state index in [1.165, 1.54) is 17.0 Å². The molecule has 0 bridgehead atoms. The molecule has 2 aliphatic rings. The van der Waals surface area contributed by atoms with Crippen LogP contribution < -0.4 is 4.72 Å². The molecule has 1 spiro atoms. The van der Waals surface area contributed by atoms with Crippen molar-refractivity contribution in [2.45, 2.75) is 23.3 Å². The zero-order chi connectivity index (χ0) is 20.6. The second-order valence-electron chi connectivity index (χ2n) is 7.09. The predicted octanol–water partition coefficient (Wildman–Crippen LogP) is 1.79. The fraction of sp³-hybridized carbons (Fsp3) is 0.300. The maximum absolute atomic E-state index is 13.3. The smallest absolute Gasteiger partial charge is 0.339 e. The van der Waals surface area contributed by atoms with E-state index in [0.717, 1.165) is 17.7 Å². The molecule has 0 atom stereocenters.